The number of rotatable bonds is 44. The Morgan fingerprint density at radius 1 is 0.327 bits per heavy atom. The molecule has 0 unspecified atom stereocenters. The maximum absolute atomic E-state index is 2.66. The highest BCUT2D eigenvalue weighted by molar-refractivity contribution is 4.84. The Labute approximate surface area is 329 Å². The highest BCUT2D eigenvalue weighted by Crippen LogP contribution is 2.17. The zero-order chi connectivity index (χ0) is 37.3. The molecular weight excluding hydrogens is 629 g/mol. The van der Waals surface area contributed by atoms with Crippen LogP contribution in [0.3, 0.4) is 0 Å². The maximum atomic E-state index is 2.66. The first-order chi connectivity index (χ1) is 25.8. The Kier molecular flexibility index (Phi) is 39.2. The van der Waals surface area contributed by atoms with Gasteiger partial charge in [-0.1, -0.05) is 252 Å². The molecule has 1 heterocycles. The van der Waals surface area contributed by atoms with Gasteiger partial charge in [-0.3, -0.25) is 0 Å². The Morgan fingerprint density at radius 3 is 0.923 bits per heavy atom. The van der Waals surface area contributed by atoms with Crippen molar-refractivity contribution in [1.29, 1.82) is 0 Å². The first kappa shape index (κ1) is 49.2. The predicted octanol–water partition coefficient (Wildman–Crippen LogP) is 17.4. The lowest BCUT2D eigenvalue weighted by Gasteiger charge is -2.07. The van der Waals surface area contributed by atoms with E-state index in [4.69, 9.17) is 0 Å². The first-order valence-electron chi connectivity index (χ1n) is 24.9. The van der Waals surface area contributed by atoms with Crippen LogP contribution in [0.4, 0.5) is 0 Å². The van der Waals surface area contributed by atoms with Crippen LogP contribution in [0, 0.1) is 0 Å². The molecule has 308 valence electrons. The Morgan fingerprint density at radius 2 is 0.596 bits per heavy atom. The monoisotopic (exact) mass is 728 g/mol. The average Bonchev–Trinajstić information content (AvgIpc) is 3.54. The van der Waals surface area contributed by atoms with Crippen LogP contribution < -0.4 is 4.57 Å². The lowest BCUT2D eigenvalue weighted by Crippen LogP contribution is -2.37. The molecule has 1 aromatic rings. The third-order valence-corrected chi connectivity index (χ3v) is 12.1. The standard InChI is InChI=1S/C50H99N2/c1-4-7-10-13-16-19-22-24-26-27-29-31-33-36-39-42-45-50-51(46-43-40-37-34-21-18-15-12-9-6-3)48-49-52(50)47-44-41-38-35-32-30-28-25-23-20-17-14-11-8-5-2/h48-49H,4-47H2,1-3H3/q+1. The van der Waals surface area contributed by atoms with Gasteiger partial charge in [0, 0.05) is 6.42 Å². The van der Waals surface area contributed by atoms with Crippen molar-refractivity contribution in [2.24, 2.45) is 0 Å². The largest absolute Gasteiger partial charge is 0.256 e. The molecule has 0 aromatic carbocycles. The van der Waals surface area contributed by atoms with Gasteiger partial charge in [0.25, 0.3) is 5.82 Å². The fraction of sp³-hybridized carbons (Fsp3) is 0.940. The van der Waals surface area contributed by atoms with Crippen LogP contribution in [0.15, 0.2) is 12.4 Å². The van der Waals surface area contributed by atoms with Crippen LogP contribution in [0.1, 0.15) is 290 Å². The fourth-order valence-electron chi connectivity index (χ4n) is 8.45. The molecule has 0 saturated heterocycles. The smallest absolute Gasteiger partial charge is 0.234 e. The summed E-state index contributed by atoms with van der Waals surface area (Å²) in [6.45, 7) is 9.42. The average molecular weight is 728 g/mol. The third kappa shape index (κ3) is 32.6. The van der Waals surface area contributed by atoms with E-state index in [2.05, 4.69) is 42.3 Å². The zero-order valence-corrected chi connectivity index (χ0v) is 36.7. The molecular formula is C50H99N2+. The van der Waals surface area contributed by atoms with Gasteiger partial charge in [-0.2, -0.15) is 0 Å². The summed E-state index contributed by atoms with van der Waals surface area (Å²) >= 11 is 0. The summed E-state index contributed by atoms with van der Waals surface area (Å²) < 4.78 is 5.31. The minimum atomic E-state index is 1.23. The van der Waals surface area contributed by atoms with Gasteiger partial charge in [0.15, 0.2) is 0 Å². The molecule has 0 fully saturated rings. The molecule has 0 spiro atoms. The minimum Gasteiger partial charge on any atom is -0.234 e. The van der Waals surface area contributed by atoms with Crippen LogP contribution in [-0.2, 0) is 19.5 Å². The first-order valence-corrected chi connectivity index (χ1v) is 24.9. The quantitative estimate of drug-likeness (QED) is 0.0467. The summed E-state index contributed by atoms with van der Waals surface area (Å²) in [6.07, 6.45) is 65.3. The number of hydrogen-bond acceptors (Lipinski definition) is 0. The lowest BCUT2D eigenvalue weighted by molar-refractivity contribution is -0.704. The number of aryl methyl sites for hydroxylation is 2. The number of nitrogens with zero attached hydrogens (tertiary/aromatic N) is 2. The molecule has 0 N–H and O–H groups in total. The van der Waals surface area contributed by atoms with Crippen LogP contribution in [0.5, 0.6) is 0 Å². The molecule has 0 atom stereocenters. The summed E-state index contributed by atoms with van der Waals surface area (Å²) in [5, 5.41) is 0. The highest BCUT2D eigenvalue weighted by atomic mass is 15.1. The van der Waals surface area contributed by atoms with E-state index in [-0.39, 0.29) is 0 Å². The van der Waals surface area contributed by atoms with E-state index < -0.39 is 0 Å². The zero-order valence-electron chi connectivity index (χ0n) is 36.7. The van der Waals surface area contributed by atoms with E-state index in [1.807, 2.05) is 0 Å². The van der Waals surface area contributed by atoms with E-state index in [1.165, 1.54) is 283 Å². The van der Waals surface area contributed by atoms with Gasteiger partial charge in [0.2, 0.25) is 0 Å². The van der Waals surface area contributed by atoms with Crippen LogP contribution >= 0.6 is 0 Å². The SMILES string of the molecule is CCCCCCCCCCCCCCCCCCc1n(CCCCCCCCCCCC)cc[n+]1CCCCCCCCCCCCCCCCC. The van der Waals surface area contributed by atoms with Crippen molar-refractivity contribution in [3.05, 3.63) is 18.2 Å². The van der Waals surface area contributed by atoms with Gasteiger partial charge in [0.05, 0.1) is 13.1 Å². The second-order valence-electron chi connectivity index (χ2n) is 17.3. The topological polar surface area (TPSA) is 8.81 Å². The molecule has 0 aliphatic rings. The Balaban J connectivity index is 2.24. The van der Waals surface area contributed by atoms with Crippen molar-refractivity contribution in [3.63, 3.8) is 0 Å². The van der Waals surface area contributed by atoms with Gasteiger partial charge in [-0.25, -0.2) is 9.13 Å². The van der Waals surface area contributed by atoms with E-state index in [0.717, 1.165) is 0 Å². The molecule has 1 aromatic heterocycles. The van der Waals surface area contributed by atoms with E-state index >= 15 is 0 Å². The lowest BCUT2D eigenvalue weighted by atomic mass is 10.0. The molecule has 0 saturated carbocycles. The summed E-state index contributed by atoms with van der Waals surface area (Å²) in [5.74, 6) is 1.63. The summed E-state index contributed by atoms with van der Waals surface area (Å²) in [5.41, 5.74) is 0. The molecule has 0 radical (unpaired) electrons. The molecule has 0 aliphatic carbocycles. The van der Waals surface area contributed by atoms with E-state index in [1.54, 1.807) is 5.82 Å². The van der Waals surface area contributed by atoms with E-state index in [0.29, 0.717) is 0 Å². The van der Waals surface area contributed by atoms with Gasteiger partial charge in [-0.15, -0.1) is 0 Å². The fourth-order valence-corrected chi connectivity index (χ4v) is 8.45. The van der Waals surface area contributed by atoms with Crippen molar-refractivity contribution in [2.45, 2.75) is 304 Å². The van der Waals surface area contributed by atoms with Gasteiger partial charge in [0.1, 0.15) is 12.4 Å². The van der Waals surface area contributed by atoms with Gasteiger partial charge in [-0.05, 0) is 32.1 Å². The Hall–Kier alpha value is -0.790. The van der Waals surface area contributed by atoms with Crippen molar-refractivity contribution in [3.8, 4) is 0 Å². The molecule has 1 rings (SSSR count). The third-order valence-electron chi connectivity index (χ3n) is 12.1. The summed E-state index contributed by atoms with van der Waals surface area (Å²) in [6, 6.07) is 0. The van der Waals surface area contributed by atoms with Crippen molar-refractivity contribution < 1.29 is 4.57 Å². The molecule has 2 nitrogen and oxygen atoms in total. The Bertz CT molecular complexity index is 796. The summed E-state index contributed by atoms with van der Waals surface area (Å²) in [7, 11) is 0. The minimum absolute atomic E-state index is 1.23. The van der Waals surface area contributed by atoms with Gasteiger partial charge < -0.3 is 0 Å². The number of hydrogen-bond donors (Lipinski definition) is 0. The van der Waals surface area contributed by atoms with Crippen LogP contribution in [0.25, 0.3) is 0 Å². The maximum Gasteiger partial charge on any atom is 0.256 e. The van der Waals surface area contributed by atoms with Crippen molar-refractivity contribution >= 4 is 0 Å². The number of imidazole rings is 1. The number of unbranched alkanes of at least 4 members (excludes halogenated alkanes) is 38. The molecule has 0 aliphatic heterocycles. The van der Waals surface area contributed by atoms with Crippen LogP contribution in [-0.4, -0.2) is 4.57 Å². The second-order valence-corrected chi connectivity index (χ2v) is 17.3. The molecule has 0 bridgehead atoms. The molecule has 52 heavy (non-hydrogen) atoms. The van der Waals surface area contributed by atoms with Crippen LogP contribution in [0.2, 0.25) is 0 Å². The van der Waals surface area contributed by atoms with Gasteiger partial charge >= 0.3 is 0 Å². The molecule has 0 amide bonds. The number of aromatic nitrogens is 2. The van der Waals surface area contributed by atoms with Crippen molar-refractivity contribution in [2.75, 3.05) is 0 Å². The van der Waals surface area contributed by atoms with E-state index in [9.17, 15) is 0 Å². The normalized spacial score (nSPS) is 11.7. The summed E-state index contributed by atoms with van der Waals surface area (Å²) in [4.78, 5) is 0. The van der Waals surface area contributed by atoms with Crippen molar-refractivity contribution in [1.82, 2.24) is 4.57 Å². The second kappa shape index (κ2) is 41.4. The molecule has 2 heteroatoms. The predicted molar refractivity (Wildman–Crippen MR) is 235 cm³/mol. The highest BCUT2D eigenvalue weighted by Gasteiger charge is 2.16.